The highest BCUT2D eigenvalue weighted by molar-refractivity contribution is 5.95. The van der Waals surface area contributed by atoms with Crippen LogP contribution in [-0.4, -0.2) is 39.9 Å². The molecular formula is C72H58N8. The third-order valence-electron chi connectivity index (χ3n) is 17.8. The van der Waals surface area contributed by atoms with Gasteiger partial charge in [-0.15, -0.1) is 0 Å². The Morgan fingerprint density at radius 2 is 0.738 bits per heavy atom. The van der Waals surface area contributed by atoms with Gasteiger partial charge in [-0.25, -0.2) is 39.9 Å². The van der Waals surface area contributed by atoms with Crippen molar-refractivity contribution in [1.82, 2.24) is 39.9 Å². The summed E-state index contributed by atoms with van der Waals surface area (Å²) in [7, 11) is 0. The predicted molar refractivity (Wildman–Crippen MR) is 320 cm³/mol. The van der Waals surface area contributed by atoms with Crippen LogP contribution in [0.4, 0.5) is 0 Å². The molecule has 4 fully saturated rings. The summed E-state index contributed by atoms with van der Waals surface area (Å²) in [6, 6.07) is 72.7. The van der Waals surface area contributed by atoms with Gasteiger partial charge in [-0.1, -0.05) is 197 Å². The fourth-order valence-corrected chi connectivity index (χ4v) is 14.5. The highest BCUT2D eigenvalue weighted by atomic mass is 15.1. The van der Waals surface area contributed by atoms with Crippen molar-refractivity contribution in [3.63, 3.8) is 0 Å². The maximum Gasteiger partial charge on any atom is 0.182 e. The standard InChI is InChI=1S/C72H58N8/c1-71(2,3)60-40-53(64-73-34-33-62(74-64)70-79-67(50-25-15-7-16-26-50)78-68(80-70)51-27-17-8-18-28-51)41-61-63(60)58-42-56(46-19-9-4-10-20-46)57(43-59(58)72(61)54-36-44-35-45(38-54)39-55(72)37-44)47-29-31-52(32-30-47)69-76-65(48-21-11-5-12-22-48)75-66(77-69)49-23-13-6-14-24-49/h4-34,40-45,54-55H,35-39H2,1-3H3. The Morgan fingerprint density at radius 1 is 0.338 bits per heavy atom. The second-order valence-electron chi connectivity index (χ2n) is 23.6. The van der Waals surface area contributed by atoms with Crippen molar-refractivity contribution in [2.45, 2.75) is 63.7 Å². The van der Waals surface area contributed by atoms with Crippen molar-refractivity contribution in [3.8, 4) is 113 Å². The Hall–Kier alpha value is -9.14. The summed E-state index contributed by atoms with van der Waals surface area (Å²) < 4.78 is 0. The van der Waals surface area contributed by atoms with Crippen LogP contribution < -0.4 is 0 Å². The summed E-state index contributed by atoms with van der Waals surface area (Å²) >= 11 is 0. The van der Waals surface area contributed by atoms with Crippen molar-refractivity contribution in [1.29, 1.82) is 0 Å². The first kappa shape index (κ1) is 48.0. The molecule has 0 aliphatic heterocycles. The summed E-state index contributed by atoms with van der Waals surface area (Å²) in [5.74, 6) is 6.93. The van der Waals surface area contributed by atoms with E-state index in [-0.39, 0.29) is 10.8 Å². The van der Waals surface area contributed by atoms with Crippen LogP contribution in [0.15, 0.2) is 212 Å². The molecule has 0 amide bonds. The summed E-state index contributed by atoms with van der Waals surface area (Å²) in [5, 5.41) is 0. The Kier molecular flexibility index (Phi) is 11.4. The molecule has 8 heteroatoms. The van der Waals surface area contributed by atoms with Crippen LogP contribution >= 0.6 is 0 Å². The van der Waals surface area contributed by atoms with E-state index in [1.54, 1.807) is 0 Å². The second-order valence-corrected chi connectivity index (χ2v) is 23.6. The summed E-state index contributed by atoms with van der Waals surface area (Å²) in [5.41, 5.74) is 17.8. The molecule has 0 radical (unpaired) electrons. The van der Waals surface area contributed by atoms with E-state index in [0.29, 0.717) is 58.3 Å². The van der Waals surface area contributed by atoms with Gasteiger partial charge < -0.3 is 0 Å². The number of fused-ring (bicyclic) bond motifs is 3. The molecule has 0 unspecified atom stereocenters. The third-order valence-corrected chi connectivity index (χ3v) is 17.8. The SMILES string of the molecule is CC(C)(C)c1cc(-c2nccc(-c3nc(-c4ccccc4)nc(-c4ccccc4)n3)n2)cc2c1-c1cc(-c3ccccc3)c(-c3ccc(-c4nc(-c5ccccc5)nc(-c5ccccc5)n4)cc3)cc1C21C2CC3CC(C2)CC1C3. The lowest BCUT2D eigenvalue weighted by atomic mass is 9.43. The molecule has 0 saturated heterocycles. The molecule has 0 N–H and O–H groups in total. The second kappa shape index (κ2) is 19.1. The molecule has 1 spiro atoms. The summed E-state index contributed by atoms with van der Waals surface area (Å²) in [4.78, 5) is 40.9. The first-order valence-corrected chi connectivity index (χ1v) is 28.3. The minimum Gasteiger partial charge on any atom is -0.237 e. The zero-order valence-electron chi connectivity index (χ0n) is 45.1. The quantitative estimate of drug-likeness (QED) is 0.141. The van der Waals surface area contributed by atoms with Gasteiger partial charge in [0, 0.05) is 45.0 Å². The van der Waals surface area contributed by atoms with Crippen LogP contribution in [0.3, 0.4) is 0 Å². The van der Waals surface area contributed by atoms with Crippen molar-refractivity contribution in [2.24, 2.45) is 23.7 Å². The molecule has 8 aromatic carbocycles. The number of hydrogen-bond acceptors (Lipinski definition) is 8. The average molecular weight is 1040 g/mol. The lowest BCUT2D eigenvalue weighted by Crippen LogP contribution is -2.55. The minimum absolute atomic E-state index is 0.175. The number of aromatic nitrogens is 8. The Balaban J connectivity index is 0.901. The van der Waals surface area contributed by atoms with Crippen LogP contribution in [0.1, 0.15) is 69.6 Å². The lowest BCUT2D eigenvalue weighted by molar-refractivity contribution is -0.0399. The normalized spacial score (nSPS) is 19.5. The van der Waals surface area contributed by atoms with Crippen LogP contribution in [0.5, 0.6) is 0 Å². The van der Waals surface area contributed by atoms with Crippen LogP contribution in [0.2, 0.25) is 0 Å². The largest absolute Gasteiger partial charge is 0.237 e. The topological polar surface area (TPSA) is 103 Å². The first-order valence-electron chi connectivity index (χ1n) is 28.3. The highest BCUT2D eigenvalue weighted by Gasteiger charge is 2.62. The van der Waals surface area contributed by atoms with Crippen molar-refractivity contribution in [3.05, 3.63) is 229 Å². The van der Waals surface area contributed by atoms with E-state index in [1.807, 2.05) is 109 Å². The van der Waals surface area contributed by atoms with E-state index in [0.717, 1.165) is 50.8 Å². The Labute approximate surface area is 467 Å². The molecule has 5 aliphatic carbocycles. The van der Waals surface area contributed by atoms with Crippen molar-refractivity contribution < 1.29 is 0 Å². The van der Waals surface area contributed by atoms with E-state index >= 15 is 0 Å². The zero-order chi connectivity index (χ0) is 53.5. The maximum absolute atomic E-state index is 5.41. The fraction of sp³-hybridized carbons (Fsp3) is 0.194. The summed E-state index contributed by atoms with van der Waals surface area (Å²) in [6.07, 6.45) is 8.27. The number of hydrogen-bond donors (Lipinski definition) is 0. The van der Waals surface area contributed by atoms with Gasteiger partial charge in [0.25, 0.3) is 0 Å². The van der Waals surface area contributed by atoms with E-state index < -0.39 is 0 Å². The monoisotopic (exact) mass is 1030 g/mol. The number of benzene rings is 8. The van der Waals surface area contributed by atoms with Gasteiger partial charge in [-0.3, -0.25) is 0 Å². The first-order chi connectivity index (χ1) is 39.2. The molecule has 8 nitrogen and oxygen atoms in total. The molecule has 386 valence electrons. The molecular weight excluding hydrogens is 977 g/mol. The molecule has 16 rings (SSSR count). The minimum atomic E-state index is -0.215. The molecule has 3 heterocycles. The van der Waals surface area contributed by atoms with E-state index in [4.69, 9.17) is 39.9 Å². The third kappa shape index (κ3) is 8.18. The molecule has 11 aromatic rings. The van der Waals surface area contributed by atoms with Gasteiger partial charge in [0.2, 0.25) is 0 Å². The lowest BCUT2D eigenvalue weighted by Gasteiger charge is -2.61. The van der Waals surface area contributed by atoms with Gasteiger partial charge in [0.15, 0.2) is 40.8 Å². The summed E-state index contributed by atoms with van der Waals surface area (Å²) in [6.45, 7) is 7.12. The Morgan fingerprint density at radius 3 is 1.20 bits per heavy atom. The number of rotatable bonds is 9. The fourth-order valence-electron chi connectivity index (χ4n) is 14.5. The van der Waals surface area contributed by atoms with Crippen LogP contribution in [0, 0.1) is 23.7 Å². The maximum atomic E-state index is 5.41. The molecule has 3 aromatic heterocycles. The molecule has 4 bridgehead atoms. The highest BCUT2D eigenvalue weighted by Crippen LogP contribution is 2.71. The molecule has 4 saturated carbocycles. The molecule has 80 heavy (non-hydrogen) atoms. The van der Waals surface area contributed by atoms with Gasteiger partial charge in [-0.05, 0) is 142 Å². The van der Waals surface area contributed by atoms with Gasteiger partial charge in [0.1, 0.15) is 5.69 Å². The molecule has 5 aliphatic rings. The van der Waals surface area contributed by atoms with Gasteiger partial charge in [0.05, 0.1) is 0 Å². The Bertz CT molecular complexity index is 4000. The predicted octanol–water partition coefficient (Wildman–Crippen LogP) is 16.9. The zero-order valence-corrected chi connectivity index (χ0v) is 45.1. The average Bonchev–Trinajstić information content (AvgIpc) is 4.05. The number of nitrogens with zero attached hydrogens (tertiary/aromatic N) is 8. The van der Waals surface area contributed by atoms with Gasteiger partial charge >= 0.3 is 0 Å². The van der Waals surface area contributed by atoms with Crippen molar-refractivity contribution in [2.75, 3.05) is 0 Å². The van der Waals surface area contributed by atoms with Crippen molar-refractivity contribution >= 4 is 0 Å². The van der Waals surface area contributed by atoms with E-state index in [1.165, 1.54) is 76.6 Å². The van der Waals surface area contributed by atoms with E-state index in [2.05, 4.69) is 124 Å². The van der Waals surface area contributed by atoms with E-state index in [9.17, 15) is 0 Å². The van der Waals surface area contributed by atoms with Gasteiger partial charge in [-0.2, -0.15) is 0 Å². The smallest absolute Gasteiger partial charge is 0.182 e. The van der Waals surface area contributed by atoms with Crippen LogP contribution in [-0.2, 0) is 10.8 Å². The molecule has 0 atom stereocenters. The van der Waals surface area contributed by atoms with Crippen LogP contribution in [0.25, 0.3) is 113 Å².